The van der Waals surface area contributed by atoms with Crippen molar-refractivity contribution < 1.29 is 59.1 Å². The average molecular weight is 693 g/mol. The first kappa shape index (κ1) is 35.6. The molecule has 0 spiro atoms. The summed E-state index contributed by atoms with van der Waals surface area (Å²) in [6.07, 6.45) is -3.69. The Morgan fingerprint density at radius 3 is 2.29 bits per heavy atom. The topological polar surface area (TPSA) is 209 Å². The molecule has 2 saturated heterocycles. The number of hydrogen-bond donors (Lipinski definition) is 7. The van der Waals surface area contributed by atoms with Gasteiger partial charge < -0.3 is 59.1 Å². The largest absolute Gasteiger partial charge is 0.431 e. The molecule has 13 heteroatoms. The van der Waals surface area contributed by atoms with Crippen LogP contribution in [-0.2, 0) is 18.9 Å². The maximum atomic E-state index is 12.5. The molecule has 6 aliphatic rings. The van der Waals surface area contributed by atoms with Crippen LogP contribution in [0.25, 0.3) is 0 Å². The summed E-state index contributed by atoms with van der Waals surface area (Å²) in [4.78, 5) is 11.6. The number of allylic oxidation sites excluding steroid dienone is 1. The van der Waals surface area contributed by atoms with Crippen LogP contribution in [0.2, 0.25) is 0 Å². The molecule has 1 aromatic heterocycles. The van der Waals surface area contributed by atoms with Crippen molar-refractivity contribution in [1.29, 1.82) is 0 Å². The van der Waals surface area contributed by atoms with Gasteiger partial charge in [-0.25, -0.2) is 4.79 Å². The Balaban J connectivity index is 1.01. The van der Waals surface area contributed by atoms with E-state index >= 15 is 0 Å². The van der Waals surface area contributed by atoms with E-state index in [4.69, 9.17) is 23.4 Å². The van der Waals surface area contributed by atoms with Gasteiger partial charge in [0.25, 0.3) is 0 Å². The monoisotopic (exact) mass is 692 g/mol. The lowest BCUT2D eigenvalue weighted by Crippen LogP contribution is -2.64. The molecular formula is C36H52O13. The minimum absolute atomic E-state index is 0.110. The quantitative estimate of drug-likeness (QED) is 0.207. The molecule has 13 nitrogen and oxygen atoms in total. The lowest BCUT2D eigenvalue weighted by Gasteiger charge is -2.62. The standard InChI is InChI=1S/C36H52O13/c1-17-31(49-33-29(42)27(40)26(39)24(15-37)48-33)28(41)30(43)32(46-17)47-20-8-11-34(2)19(14-20)5-6-23-22(34)9-12-35(3)21(10-13-36(23,35)44)18-4-7-25(38)45-16-18/h4,7,14,16-17,20-24,26-33,37,39-44H,5-6,8-13,15H2,1-3H3. The van der Waals surface area contributed by atoms with E-state index in [1.165, 1.54) is 11.6 Å². The molecule has 4 aliphatic carbocycles. The van der Waals surface area contributed by atoms with E-state index in [1.54, 1.807) is 13.2 Å². The van der Waals surface area contributed by atoms with Crippen LogP contribution < -0.4 is 5.63 Å². The molecule has 49 heavy (non-hydrogen) atoms. The highest BCUT2D eigenvalue weighted by molar-refractivity contribution is 5.31. The van der Waals surface area contributed by atoms with Crippen LogP contribution in [-0.4, -0.2) is 115 Å². The molecule has 1 aromatic rings. The first-order valence-corrected chi connectivity index (χ1v) is 17.9. The van der Waals surface area contributed by atoms with E-state index in [-0.39, 0.29) is 34.4 Å². The Bertz CT molecular complexity index is 1430. The molecule has 3 saturated carbocycles. The molecular weight excluding hydrogens is 640 g/mol. The molecule has 0 amide bonds. The van der Waals surface area contributed by atoms with Crippen LogP contribution in [0, 0.1) is 22.7 Å². The Morgan fingerprint density at radius 2 is 1.57 bits per heavy atom. The molecule has 0 aromatic carbocycles. The number of ether oxygens (including phenoxy) is 4. The predicted molar refractivity (Wildman–Crippen MR) is 171 cm³/mol. The van der Waals surface area contributed by atoms with Gasteiger partial charge in [0.15, 0.2) is 12.6 Å². The highest BCUT2D eigenvalue weighted by Crippen LogP contribution is 2.70. The molecule has 2 aliphatic heterocycles. The number of fused-ring (bicyclic) bond motifs is 5. The van der Waals surface area contributed by atoms with Crippen molar-refractivity contribution in [2.75, 3.05) is 6.61 Å². The maximum Gasteiger partial charge on any atom is 0.335 e. The van der Waals surface area contributed by atoms with Gasteiger partial charge >= 0.3 is 5.63 Å². The van der Waals surface area contributed by atoms with Gasteiger partial charge in [0.2, 0.25) is 0 Å². The normalized spacial score (nSPS) is 51.3. The summed E-state index contributed by atoms with van der Waals surface area (Å²) >= 11 is 0. The minimum atomic E-state index is -1.66. The Kier molecular flexibility index (Phi) is 9.48. The van der Waals surface area contributed by atoms with E-state index in [2.05, 4.69) is 19.9 Å². The van der Waals surface area contributed by atoms with E-state index in [0.29, 0.717) is 18.8 Å². The Hall–Kier alpha value is -1.75. The van der Waals surface area contributed by atoms with Crippen molar-refractivity contribution in [3.8, 4) is 0 Å². The second kappa shape index (κ2) is 13.0. The fraction of sp³-hybridized carbons (Fsp3) is 0.806. The van der Waals surface area contributed by atoms with Gasteiger partial charge in [-0.05, 0) is 93.1 Å². The fourth-order valence-electron chi connectivity index (χ4n) is 10.7. The van der Waals surface area contributed by atoms with Crippen LogP contribution in [0.1, 0.15) is 83.6 Å². The zero-order valence-corrected chi connectivity index (χ0v) is 28.3. The number of rotatable bonds is 6. The van der Waals surface area contributed by atoms with Crippen LogP contribution in [0.5, 0.6) is 0 Å². The van der Waals surface area contributed by atoms with Crippen LogP contribution in [0.4, 0.5) is 0 Å². The number of aliphatic hydroxyl groups is 7. The van der Waals surface area contributed by atoms with Crippen LogP contribution in [0.15, 0.2) is 39.3 Å². The summed E-state index contributed by atoms with van der Waals surface area (Å²) < 4.78 is 28.7. The van der Waals surface area contributed by atoms with Gasteiger partial charge in [-0.2, -0.15) is 0 Å². The van der Waals surface area contributed by atoms with Crippen molar-refractivity contribution in [2.45, 2.75) is 151 Å². The van der Waals surface area contributed by atoms with Crippen molar-refractivity contribution in [3.05, 3.63) is 46.0 Å². The van der Waals surface area contributed by atoms with Crippen molar-refractivity contribution in [3.63, 3.8) is 0 Å². The van der Waals surface area contributed by atoms with Gasteiger partial charge in [-0.3, -0.25) is 0 Å². The highest BCUT2D eigenvalue weighted by Gasteiger charge is 2.67. The molecule has 17 unspecified atom stereocenters. The summed E-state index contributed by atoms with van der Waals surface area (Å²) in [6, 6.07) is 3.32. The molecule has 17 atom stereocenters. The van der Waals surface area contributed by atoms with Gasteiger partial charge in [0, 0.05) is 11.5 Å². The number of hydrogen-bond acceptors (Lipinski definition) is 13. The summed E-state index contributed by atoms with van der Waals surface area (Å²) in [5, 5.41) is 74.7. The van der Waals surface area contributed by atoms with Gasteiger partial charge in [0.05, 0.1) is 30.7 Å². The second-order valence-electron chi connectivity index (χ2n) is 15.9. The highest BCUT2D eigenvalue weighted by atomic mass is 16.7. The third kappa shape index (κ3) is 5.68. The maximum absolute atomic E-state index is 12.5. The first-order valence-electron chi connectivity index (χ1n) is 17.9. The second-order valence-corrected chi connectivity index (χ2v) is 15.9. The molecule has 7 N–H and O–H groups in total. The molecule has 0 bridgehead atoms. The van der Waals surface area contributed by atoms with Crippen LogP contribution in [0.3, 0.4) is 0 Å². The third-order valence-electron chi connectivity index (χ3n) is 13.6. The van der Waals surface area contributed by atoms with E-state index in [0.717, 1.165) is 44.1 Å². The van der Waals surface area contributed by atoms with Crippen molar-refractivity contribution >= 4 is 0 Å². The molecule has 3 heterocycles. The minimum Gasteiger partial charge on any atom is -0.431 e. The van der Waals surface area contributed by atoms with E-state index < -0.39 is 73.6 Å². The third-order valence-corrected chi connectivity index (χ3v) is 13.6. The molecule has 274 valence electrons. The Labute approximate surface area is 285 Å². The summed E-state index contributed by atoms with van der Waals surface area (Å²) in [5.41, 5.74) is 0.655. The average Bonchev–Trinajstić information content (AvgIpc) is 3.36. The summed E-state index contributed by atoms with van der Waals surface area (Å²) in [6.45, 7) is 5.53. The van der Waals surface area contributed by atoms with Gasteiger partial charge in [0.1, 0.15) is 42.7 Å². The van der Waals surface area contributed by atoms with E-state index in [9.17, 15) is 40.5 Å². The first-order chi connectivity index (χ1) is 23.2. The van der Waals surface area contributed by atoms with Crippen molar-refractivity contribution in [2.24, 2.45) is 22.7 Å². The zero-order chi connectivity index (χ0) is 35.0. The number of aliphatic hydroxyl groups excluding tert-OH is 6. The SMILES string of the molecule is CC1OC(OC2C=C3CCC4C(CCC5(C)C(c6ccc(=O)oc6)CCC45O)C3(C)CC2)C(O)C(O)C1OC1OC(CO)C(O)C(O)C1O. The molecule has 7 rings (SSSR count). The lowest BCUT2D eigenvalue weighted by atomic mass is 9.45. The van der Waals surface area contributed by atoms with E-state index in [1.807, 2.05) is 6.07 Å². The zero-order valence-electron chi connectivity index (χ0n) is 28.3. The summed E-state index contributed by atoms with van der Waals surface area (Å²) in [7, 11) is 0. The van der Waals surface area contributed by atoms with Gasteiger partial charge in [-0.1, -0.05) is 25.5 Å². The van der Waals surface area contributed by atoms with Crippen LogP contribution >= 0.6 is 0 Å². The molecule has 5 fully saturated rings. The Morgan fingerprint density at radius 1 is 0.837 bits per heavy atom. The fourth-order valence-corrected chi connectivity index (χ4v) is 10.7. The lowest BCUT2D eigenvalue weighted by molar-refractivity contribution is -0.357. The van der Waals surface area contributed by atoms with Gasteiger partial charge in [-0.15, -0.1) is 0 Å². The molecule has 0 radical (unpaired) electrons. The predicted octanol–water partition coefficient (Wildman–Crippen LogP) is 0.838. The summed E-state index contributed by atoms with van der Waals surface area (Å²) in [5.74, 6) is 0.572. The van der Waals surface area contributed by atoms with Crippen molar-refractivity contribution in [1.82, 2.24) is 0 Å². The smallest absolute Gasteiger partial charge is 0.335 e.